The quantitative estimate of drug-likeness (QED) is 0.625. The van der Waals surface area contributed by atoms with Crippen LogP contribution in [0.2, 0.25) is 0 Å². The minimum absolute atomic E-state index is 0.200. The number of hydrogen-bond donors (Lipinski definition) is 2. The fourth-order valence-corrected chi connectivity index (χ4v) is 2.64. The van der Waals surface area contributed by atoms with Gasteiger partial charge in [0.1, 0.15) is 11.7 Å². The Balaban J connectivity index is 2.43. The van der Waals surface area contributed by atoms with E-state index in [0.29, 0.717) is 12.0 Å². The lowest BCUT2D eigenvalue weighted by Crippen LogP contribution is -2.42. The Hall–Kier alpha value is -1.58. The Morgan fingerprint density at radius 3 is 2.78 bits per heavy atom. The first-order chi connectivity index (χ1) is 8.50. The molecule has 0 amide bonds. The van der Waals surface area contributed by atoms with Gasteiger partial charge in [0.25, 0.3) is 0 Å². The lowest BCUT2D eigenvalue weighted by molar-refractivity contribution is 0.390. The molecule has 3 N–H and O–H groups in total. The molecule has 0 bridgehead atoms. The van der Waals surface area contributed by atoms with E-state index in [1.807, 2.05) is 6.07 Å². The third-order valence-corrected chi connectivity index (χ3v) is 3.69. The van der Waals surface area contributed by atoms with Gasteiger partial charge >= 0.3 is 0 Å². The van der Waals surface area contributed by atoms with Crippen molar-refractivity contribution in [3.05, 3.63) is 29.6 Å². The molecule has 0 aliphatic carbocycles. The number of nitrogens with two attached hydrogens (primary N) is 1. The molecule has 2 atom stereocenters. The average Bonchev–Trinajstić information content (AvgIpc) is 2.31. The van der Waals surface area contributed by atoms with Crippen molar-refractivity contribution in [2.75, 3.05) is 11.4 Å². The SMILES string of the molecule is CC1CCC(C)N(c2cccc(F)c2C(=N)N)C1. The van der Waals surface area contributed by atoms with Crippen LogP contribution in [0.25, 0.3) is 0 Å². The zero-order chi connectivity index (χ0) is 13.3. The molecular weight excluding hydrogens is 229 g/mol. The topological polar surface area (TPSA) is 53.1 Å². The molecule has 0 saturated carbocycles. The molecule has 0 radical (unpaired) electrons. The van der Waals surface area contributed by atoms with Crippen LogP contribution >= 0.6 is 0 Å². The second-order valence-corrected chi connectivity index (χ2v) is 5.23. The highest BCUT2D eigenvalue weighted by molar-refractivity contribution is 6.00. The van der Waals surface area contributed by atoms with Gasteiger partial charge in [-0.25, -0.2) is 4.39 Å². The first kappa shape index (κ1) is 12.9. The summed E-state index contributed by atoms with van der Waals surface area (Å²) >= 11 is 0. The van der Waals surface area contributed by atoms with E-state index in [2.05, 4.69) is 18.7 Å². The maximum absolute atomic E-state index is 13.8. The smallest absolute Gasteiger partial charge is 0.136 e. The highest BCUT2D eigenvalue weighted by Gasteiger charge is 2.26. The molecule has 98 valence electrons. The van der Waals surface area contributed by atoms with Crippen LogP contribution < -0.4 is 10.6 Å². The molecule has 1 aliphatic rings. The molecule has 3 nitrogen and oxygen atoms in total. The number of benzene rings is 1. The van der Waals surface area contributed by atoms with Gasteiger partial charge in [0.15, 0.2) is 0 Å². The summed E-state index contributed by atoms with van der Waals surface area (Å²) in [7, 11) is 0. The van der Waals surface area contributed by atoms with Crippen LogP contribution in [0.3, 0.4) is 0 Å². The summed E-state index contributed by atoms with van der Waals surface area (Å²) in [6, 6.07) is 5.26. The van der Waals surface area contributed by atoms with E-state index in [1.165, 1.54) is 12.5 Å². The van der Waals surface area contributed by atoms with Crippen molar-refractivity contribution in [1.82, 2.24) is 0 Å². The van der Waals surface area contributed by atoms with E-state index in [4.69, 9.17) is 11.1 Å². The summed E-state index contributed by atoms with van der Waals surface area (Å²) in [6.07, 6.45) is 2.29. The monoisotopic (exact) mass is 249 g/mol. The third-order valence-electron chi connectivity index (χ3n) is 3.69. The molecule has 1 aromatic carbocycles. The van der Waals surface area contributed by atoms with Gasteiger partial charge in [-0.05, 0) is 37.8 Å². The summed E-state index contributed by atoms with van der Waals surface area (Å²) in [5.41, 5.74) is 6.50. The van der Waals surface area contributed by atoms with E-state index in [0.717, 1.165) is 18.7 Å². The molecule has 2 rings (SSSR count). The number of halogens is 1. The van der Waals surface area contributed by atoms with Crippen LogP contribution in [-0.2, 0) is 0 Å². The van der Waals surface area contributed by atoms with Crippen LogP contribution in [0.4, 0.5) is 10.1 Å². The summed E-state index contributed by atoms with van der Waals surface area (Å²) < 4.78 is 13.8. The van der Waals surface area contributed by atoms with Crippen LogP contribution in [-0.4, -0.2) is 18.4 Å². The second-order valence-electron chi connectivity index (χ2n) is 5.23. The van der Waals surface area contributed by atoms with Gasteiger partial charge < -0.3 is 10.6 Å². The van der Waals surface area contributed by atoms with Crippen molar-refractivity contribution < 1.29 is 4.39 Å². The molecule has 1 saturated heterocycles. The van der Waals surface area contributed by atoms with E-state index in [-0.39, 0.29) is 11.4 Å². The largest absolute Gasteiger partial charge is 0.384 e. The standard InChI is InChI=1S/C14H20FN3/c1-9-6-7-10(2)18(8-9)12-5-3-4-11(15)13(12)14(16)17/h3-5,9-10H,6-8H2,1-2H3,(H3,16,17). The lowest BCUT2D eigenvalue weighted by Gasteiger charge is -2.39. The highest BCUT2D eigenvalue weighted by Crippen LogP contribution is 2.30. The maximum atomic E-state index is 13.8. The van der Waals surface area contributed by atoms with Crippen LogP contribution in [0.1, 0.15) is 32.3 Å². The van der Waals surface area contributed by atoms with Crippen LogP contribution in [0, 0.1) is 17.1 Å². The normalized spacial score (nSPS) is 24.1. The first-order valence-electron chi connectivity index (χ1n) is 6.40. The van der Waals surface area contributed by atoms with Crippen molar-refractivity contribution in [3.8, 4) is 0 Å². The predicted octanol–water partition coefficient (Wildman–Crippen LogP) is 2.73. The predicted molar refractivity (Wildman–Crippen MR) is 72.6 cm³/mol. The van der Waals surface area contributed by atoms with Crippen LogP contribution in [0.5, 0.6) is 0 Å². The summed E-state index contributed by atoms with van der Waals surface area (Å²) in [4.78, 5) is 2.17. The number of rotatable bonds is 2. The van der Waals surface area contributed by atoms with Gasteiger partial charge in [-0.3, -0.25) is 5.41 Å². The summed E-state index contributed by atoms with van der Waals surface area (Å²) in [6.45, 7) is 5.23. The molecule has 1 aliphatic heterocycles. The maximum Gasteiger partial charge on any atom is 0.136 e. The van der Waals surface area contributed by atoms with Crippen molar-refractivity contribution in [1.29, 1.82) is 5.41 Å². The van der Waals surface area contributed by atoms with Crippen molar-refractivity contribution in [2.24, 2.45) is 11.7 Å². The molecule has 1 fully saturated rings. The number of piperidine rings is 1. The molecule has 0 spiro atoms. The van der Waals surface area contributed by atoms with Gasteiger partial charge in [0, 0.05) is 12.6 Å². The number of anilines is 1. The fraction of sp³-hybridized carbons (Fsp3) is 0.500. The molecule has 1 heterocycles. The van der Waals surface area contributed by atoms with Gasteiger partial charge in [-0.1, -0.05) is 13.0 Å². The number of hydrogen-bond acceptors (Lipinski definition) is 2. The van der Waals surface area contributed by atoms with Crippen LogP contribution in [0.15, 0.2) is 18.2 Å². The Morgan fingerprint density at radius 1 is 1.39 bits per heavy atom. The zero-order valence-electron chi connectivity index (χ0n) is 10.9. The van der Waals surface area contributed by atoms with E-state index in [9.17, 15) is 4.39 Å². The number of nitrogens with one attached hydrogen (secondary N) is 1. The molecule has 2 unspecified atom stereocenters. The lowest BCUT2D eigenvalue weighted by atomic mass is 9.93. The van der Waals surface area contributed by atoms with Gasteiger partial charge in [0.2, 0.25) is 0 Å². The minimum atomic E-state index is -0.412. The Morgan fingerprint density at radius 2 is 2.11 bits per heavy atom. The third kappa shape index (κ3) is 2.33. The van der Waals surface area contributed by atoms with Crippen molar-refractivity contribution in [2.45, 2.75) is 32.7 Å². The van der Waals surface area contributed by atoms with E-state index < -0.39 is 5.82 Å². The molecule has 18 heavy (non-hydrogen) atoms. The Labute approximate surface area is 107 Å². The van der Waals surface area contributed by atoms with Gasteiger partial charge in [-0.2, -0.15) is 0 Å². The van der Waals surface area contributed by atoms with E-state index in [1.54, 1.807) is 6.07 Å². The van der Waals surface area contributed by atoms with Crippen molar-refractivity contribution in [3.63, 3.8) is 0 Å². The second kappa shape index (κ2) is 4.96. The number of nitrogens with zero attached hydrogens (tertiary/aromatic N) is 1. The molecule has 0 aromatic heterocycles. The van der Waals surface area contributed by atoms with Gasteiger partial charge in [-0.15, -0.1) is 0 Å². The number of nitrogen functional groups attached to an aromatic ring is 1. The molecule has 1 aromatic rings. The fourth-order valence-electron chi connectivity index (χ4n) is 2.64. The van der Waals surface area contributed by atoms with Crippen molar-refractivity contribution >= 4 is 11.5 Å². The van der Waals surface area contributed by atoms with E-state index >= 15 is 0 Å². The summed E-state index contributed by atoms with van der Waals surface area (Å²) in [5.74, 6) is -0.0248. The minimum Gasteiger partial charge on any atom is -0.384 e. The molecular formula is C14H20FN3. The first-order valence-corrected chi connectivity index (χ1v) is 6.40. The summed E-state index contributed by atoms with van der Waals surface area (Å²) in [5, 5.41) is 7.56. The number of amidine groups is 1. The van der Waals surface area contributed by atoms with Gasteiger partial charge in [0.05, 0.1) is 11.3 Å². The zero-order valence-corrected chi connectivity index (χ0v) is 10.9. The average molecular weight is 249 g/mol. The highest BCUT2D eigenvalue weighted by atomic mass is 19.1. The Kier molecular flexibility index (Phi) is 3.55. The molecule has 4 heteroatoms. The Bertz CT molecular complexity index is 458.